The number of rotatable bonds is 12. The molecular formula is C29H33Cl2FN4O4S. The molecule has 0 aliphatic rings. The van der Waals surface area contributed by atoms with Crippen molar-refractivity contribution >= 4 is 50.9 Å². The average Bonchev–Trinajstić information content (AvgIpc) is 2.90. The number of amides is 2. The molecule has 2 amide bonds. The van der Waals surface area contributed by atoms with Crippen molar-refractivity contribution in [2.24, 2.45) is 0 Å². The van der Waals surface area contributed by atoms with Gasteiger partial charge in [-0.05, 0) is 49.2 Å². The molecule has 0 saturated carbocycles. The Bertz CT molecular complexity index is 1470. The van der Waals surface area contributed by atoms with Crippen LogP contribution in [0.25, 0.3) is 0 Å². The summed E-state index contributed by atoms with van der Waals surface area (Å²) in [5.41, 5.74) is 0.973. The Morgan fingerprint density at radius 3 is 2.17 bits per heavy atom. The fourth-order valence-electron chi connectivity index (χ4n) is 4.12. The second-order valence-electron chi connectivity index (χ2n) is 9.87. The van der Waals surface area contributed by atoms with Gasteiger partial charge in [0.05, 0.1) is 5.69 Å². The SMILES string of the molecule is CC(C)NC(=O)[C@@H](Cc1ccccc1)N(Cc1ccc(Cl)cc1Cl)C(=O)CN(c1ccccc1F)S(=O)(=O)N(C)C. The van der Waals surface area contributed by atoms with Crippen molar-refractivity contribution in [1.29, 1.82) is 0 Å². The van der Waals surface area contributed by atoms with E-state index in [2.05, 4.69) is 5.32 Å². The molecule has 12 heteroatoms. The predicted molar refractivity (Wildman–Crippen MR) is 161 cm³/mol. The maximum atomic E-state index is 14.9. The van der Waals surface area contributed by atoms with Gasteiger partial charge in [-0.2, -0.15) is 12.7 Å². The first kappa shape index (κ1) is 32.3. The minimum absolute atomic E-state index is 0.134. The fourth-order valence-corrected chi connectivity index (χ4v) is 5.66. The molecule has 0 bridgehead atoms. The minimum atomic E-state index is -4.32. The van der Waals surface area contributed by atoms with Gasteiger partial charge in [-0.1, -0.05) is 71.7 Å². The Morgan fingerprint density at radius 1 is 0.951 bits per heavy atom. The van der Waals surface area contributed by atoms with Crippen LogP contribution in [0.2, 0.25) is 10.0 Å². The van der Waals surface area contributed by atoms with Crippen LogP contribution >= 0.6 is 23.2 Å². The molecule has 1 atom stereocenters. The van der Waals surface area contributed by atoms with Crippen molar-refractivity contribution in [3.8, 4) is 0 Å². The van der Waals surface area contributed by atoms with Crippen molar-refractivity contribution in [2.75, 3.05) is 24.9 Å². The van der Waals surface area contributed by atoms with E-state index in [1.807, 2.05) is 30.3 Å². The molecule has 0 radical (unpaired) electrons. The van der Waals surface area contributed by atoms with Crippen LogP contribution in [0.3, 0.4) is 0 Å². The van der Waals surface area contributed by atoms with Crippen LogP contribution in [0.1, 0.15) is 25.0 Å². The van der Waals surface area contributed by atoms with Gasteiger partial charge in [0.15, 0.2) is 0 Å². The molecule has 220 valence electrons. The third kappa shape index (κ3) is 8.42. The lowest BCUT2D eigenvalue weighted by atomic mass is 10.0. The van der Waals surface area contributed by atoms with E-state index in [1.54, 1.807) is 26.0 Å². The van der Waals surface area contributed by atoms with Crippen LogP contribution in [-0.4, -0.2) is 62.2 Å². The zero-order chi connectivity index (χ0) is 30.3. The molecule has 0 aliphatic heterocycles. The van der Waals surface area contributed by atoms with Crippen LogP contribution in [0.4, 0.5) is 10.1 Å². The number of carbonyl (C=O) groups excluding carboxylic acids is 2. The van der Waals surface area contributed by atoms with Crippen LogP contribution in [0.15, 0.2) is 72.8 Å². The van der Waals surface area contributed by atoms with Gasteiger partial charge in [0.1, 0.15) is 18.4 Å². The van der Waals surface area contributed by atoms with Crippen molar-refractivity contribution in [3.63, 3.8) is 0 Å². The summed E-state index contributed by atoms with van der Waals surface area (Å²) >= 11 is 12.5. The summed E-state index contributed by atoms with van der Waals surface area (Å²) in [5.74, 6) is -1.99. The lowest BCUT2D eigenvalue weighted by Crippen LogP contribution is -2.55. The molecule has 3 aromatic rings. The highest BCUT2D eigenvalue weighted by atomic mass is 35.5. The van der Waals surface area contributed by atoms with E-state index >= 15 is 0 Å². The standard InChI is InChI=1S/C29H33Cl2FN4O4S/c1-20(2)33-29(38)27(16-21-10-6-5-7-11-21)35(18-22-14-15-23(30)17-24(22)31)28(37)19-36(41(39,40)34(3)4)26-13-9-8-12-25(26)32/h5-15,17,20,27H,16,18-19H2,1-4H3,(H,33,38)/t27-/m1/s1. The molecule has 3 rings (SSSR count). The summed E-state index contributed by atoms with van der Waals surface area (Å²) in [7, 11) is -1.75. The maximum Gasteiger partial charge on any atom is 0.304 e. The summed E-state index contributed by atoms with van der Waals surface area (Å²) < 4.78 is 43.1. The third-order valence-corrected chi connectivity index (χ3v) is 8.59. The van der Waals surface area contributed by atoms with Crippen LogP contribution in [-0.2, 0) is 32.8 Å². The van der Waals surface area contributed by atoms with Gasteiger partial charge in [-0.3, -0.25) is 9.59 Å². The number of hydrogen-bond acceptors (Lipinski definition) is 4. The molecule has 0 aromatic heterocycles. The zero-order valence-electron chi connectivity index (χ0n) is 23.2. The van der Waals surface area contributed by atoms with Gasteiger partial charge in [0.2, 0.25) is 11.8 Å². The molecule has 1 N–H and O–H groups in total. The van der Waals surface area contributed by atoms with Crippen LogP contribution in [0.5, 0.6) is 0 Å². The van der Waals surface area contributed by atoms with E-state index < -0.39 is 40.4 Å². The lowest BCUT2D eigenvalue weighted by molar-refractivity contribution is -0.140. The highest BCUT2D eigenvalue weighted by Gasteiger charge is 2.35. The van der Waals surface area contributed by atoms with Gasteiger partial charge in [0, 0.05) is 43.1 Å². The summed E-state index contributed by atoms with van der Waals surface area (Å²) in [6.45, 7) is 2.68. The number of anilines is 1. The third-order valence-electron chi connectivity index (χ3n) is 6.20. The van der Waals surface area contributed by atoms with E-state index in [4.69, 9.17) is 23.2 Å². The monoisotopic (exact) mass is 622 g/mol. The quantitative estimate of drug-likeness (QED) is 0.311. The molecule has 0 heterocycles. The molecule has 0 unspecified atom stereocenters. The zero-order valence-corrected chi connectivity index (χ0v) is 25.5. The molecule has 0 aliphatic carbocycles. The Morgan fingerprint density at radius 2 is 1.59 bits per heavy atom. The summed E-state index contributed by atoms with van der Waals surface area (Å²) in [6.07, 6.45) is 0.135. The number of carbonyl (C=O) groups is 2. The van der Waals surface area contributed by atoms with Crippen molar-refractivity contribution in [3.05, 3.63) is 99.8 Å². The topological polar surface area (TPSA) is 90.0 Å². The highest BCUT2D eigenvalue weighted by molar-refractivity contribution is 7.90. The first-order chi connectivity index (χ1) is 19.3. The van der Waals surface area contributed by atoms with Crippen LogP contribution < -0.4 is 9.62 Å². The second kappa shape index (κ2) is 14.1. The van der Waals surface area contributed by atoms with Crippen molar-refractivity contribution in [1.82, 2.24) is 14.5 Å². The van der Waals surface area contributed by atoms with Gasteiger partial charge < -0.3 is 10.2 Å². The van der Waals surface area contributed by atoms with Gasteiger partial charge >= 0.3 is 10.2 Å². The van der Waals surface area contributed by atoms with Gasteiger partial charge in [-0.15, -0.1) is 0 Å². The maximum absolute atomic E-state index is 14.9. The molecule has 41 heavy (non-hydrogen) atoms. The average molecular weight is 624 g/mol. The lowest BCUT2D eigenvalue weighted by Gasteiger charge is -2.35. The van der Waals surface area contributed by atoms with Gasteiger partial charge in [-0.25, -0.2) is 8.70 Å². The first-order valence-electron chi connectivity index (χ1n) is 12.8. The number of halogens is 3. The Hall–Kier alpha value is -3.18. The van der Waals surface area contributed by atoms with E-state index in [0.29, 0.717) is 14.9 Å². The summed E-state index contributed by atoms with van der Waals surface area (Å²) in [6, 6.07) is 17.9. The van der Waals surface area contributed by atoms with Crippen LogP contribution in [0, 0.1) is 5.82 Å². The summed E-state index contributed by atoms with van der Waals surface area (Å²) in [4.78, 5) is 29.0. The van der Waals surface area contributed by atoms with E-state index in [1.165, 1.54) is 43.3 Å². The molecular weight excluding hydrogens is 590 g/mol. The Labute approximate surface area is 250 Å². The molecule has 0 spiro atoms. The number of nitrogens with zero attached hydrogens (tertiary/aromatic N) is 3. The van der Waals surface area contributed by atoms with Crippen molar-refractivity contribution < 1.29 is 22.4 Å². The van der Waals surface area contributed by atoms with Crippen molar-refractivity contribution in [2.45, 2.75) is 38.9 Å². The highest BCUT2D eigenvalue weighted by Crippen LogP contribution is 2.26. The molecule has 3 aromatic carbocycles. The Balaban J connectivity index is 2.13. The summed E-state index contributed by atoms with van der Waals surface area (Å²) in [5, 5.41) is 3.52. The van der Waals surface area contributed by atoms with E-state index in [0.717, 1.165) is 15.9 Å². The molecule has 0 fully saturated rings. The largest absolute Gasteiger partial charge is 0.352 e. The number of benzene rings is 3. The smallest absolute Gasteiger partial charge is 0.304 e. The predicted octanol–water partition coefficient (Wildman–Crippen LogP) is 4.91. The molecule has 0 saturated heterocycles. The number of hydrogen-bond donors (Lipinski definition) is 1. The van der Waals surface area contributed by atoms with E-state index in [9.17, 15) is 22.4 Å². The molecule has 8 nitrogen and oxygen atoms in total. The van der Waals surface area contributed by atoms with Gasteiger partial charge in [0.25, 0.3) is 0 Å². The van der Waals surface area contributed by atoms with E-state index in [-0.39, 0.29) is 29.7 Å². The second-order valence-corrected chi connectivity index (χ2v) is 12.8. The fraction of sp³-hybridized carbons (Fsp3) is 0.310. The first-order valence-corrected chi connectivity index (χ1v) is 15.0. The number of para-hydroxylation sites is 1. The normalized spacial score (nSPS) is 12.3. The minimum Gasteiger partial charge on any atom is -0.352 e. The Kier molecular flexibility index (Phi) is 11.1. The number of nitrogens with one attached hydrogen (secondary N) is 1.